The Morgan fingerprint density at radius 2 is 1.86 bits per heavy atom. The van der Waals surface area contributed by atoms with E-state index in [-0.39, 0.29) is 23.0 Å². The molecule has 0 unspecified atom stereocenters. The standard InChI is InChI=1S/C19H29NO2/c1-18-8-3-4-12(18)16-13(7-9-18)19(2)11(10-14(16)20)5-6-15(21)17(19)22/h10,12-14,16,21-22H,3-9,20H2,1-2H3/t12-,13-,14-,16-,18-,19-/m0/s1. The van der Waals surface area contributed by atoms with Crippen molar-refractivity contribution in [1.29, 1.82) is 0 Å². The lowest BCUT2D eigenvalue weighted by Gasteiger charge is -2.57. The van der Waals surface area contributed by atoms with Gasteiger partial charge < -0.3 is 15.9 Å². The summed E-state index contributed by atoms with van der Waals surface area (Å²) in [6, 6.07) is 0.115. The Morgan fingerprint density at radius 3 is 2.64 bits per heavy atom. The monoisotopic (exact) mass is 303 g/mol. The molecule has 0 bridgehead atoms. The van der Waals surface area contributed by atoms with Crippen LogP contribution in [0.15, 0.2) is 23.2 Å². The zero-order valence-electron chi connectivity index (χ0n) is 13.8. The molecule has 0 aromatic heterocycles. The third kappa shape index (κ3) is 1.66. The summed E-state index contributed by atoms with van der Waals surface area (Å²) >= 11 is 0. The normalized spacial score (nSPS) is 51.0. The highest BCUT2D eigenvalue weighted by molar-refractivity contribution is 5.37. The summed E-state index contributed by atoms with van der Waals surface area (Å²) in [5.41, 5.74) is 7.93. The van der Waals surface area contributed by atoms with E-state index in [0.29, 0.717) is 29.6 Å². The molecule has 122 valence electrons. The van der Waals surface area contributed by atoms with Gasteiger partial charge in [0.15, 0.2) is 0 Å². The minimum Gasteiger partial charge on any atom is -0.509 e. The molecule has 0 heterocycles. The van der Waals surface area contributed by atoms with Gasteiger partial charge in [-0.25, -0.2) is 0 Å². The first-order valence-electron chi connectivity index (χ1n) is 8.96. The van der Waals surface area contributed by atoms with Gasteiger partial charge in [-0.05, 0) is 62.2 Å². The first-order chi connectivity index (χ1) is 10.4. The van der Waals surface area contributed by atoms with Crippen LogP contribution in [0.25, 0.3) is 0 Å². The molecule has 0 saturated heterocycles. The molecule has 0 amide bonds. The summed E-state index contributed by atoms with van der Waals surface area (Å²) in [4.78, 5) is 0. The summed E-state index contributed by atoms with van der Waals surface area (Å²) in [6.07, 6.45) is 9.91. The van der Waals surface area contributed by atoms with E-state index in [4.69, 9.17) is 5.73 Å². The molecule has 0 aliphatic heterocycles. The van der Waals surface area contributed by atoms with Crippen LogP contribution in [0.2, 0.25) is 0 Å². The first kappa shape index (κ1) is 14.6. The van der Waals surface area contributed by atoms with E-state index in [1.54, 1.807) is 0 Å². The molecule has 0 aromatic carbocycles. The van der Waals surface area contributed by atoms with Crippen molar-refractivity contribution in [1.82, 2.24) is 0 Å². The van der Waals surface area contributed by atoms with Crippen molar-refractivity contribution in [2.75, 3.05) is 0 Å². The van der Waals surface area contributed by atoms with Gasteiger partial charge in [0, 0.05) is 12.5 Å². The Bertz CT molecular complexity index is 566. The Labute approximate surface area is 133 Å². The summed E-state index contributed by atoms with van der Waals surface area (Å²) in [6.45, 7) is 4.59. The molecular weight excluding hydrogens is 274 g/mol. The fraction of sp³-hybridized carbons (Fsp3) is 0.789. The van der Waals surface area contributed by atoms with E-state index in [1.165, 1.54) is 31.3 Å². The predicted octanol–water partition coefficient (Wildman–Crippen LogP) is 4.21. The second-order valence-electron chi connectivity index (χ2n) is 8.64. The fourth-order valence-electron chi connectivity index (χ4n) is 6.49. The van der Waals surface area contributed by atoms with E-state index in [2.05, 4.69) is 19.9 Å². The molecule has 3 nitrogen and oxygen atoms in total. The van der Waals surface area contributed by atoms with Crippen LogP contribution in [0, 0.1) is 28.6 Å². The number of fused-ring (bicyclic) bond motifs is 5. The second-order valence-corrected chi connectivity index (χ2v) is 8.64. The highest BCUT2D eigenvalue weighted by atomic mass is 16.3. The van der Waals surface area contributed by atoms with Gasteiger partial charge in [0.2, 0.25) is 0 Å². The van der Waals surface area contributed by atoms with Gasteiger partial charge in [-0.15, -0.1) is 0 Å². The molecule has 0 spiro atoms. The third-order valence-corrected chi connectivity index (χ3v) is 7.76. The number of hydrogen-bond donors (Lipinski definition) is 3. The smallest absolute Gasteiger partial charge is 0.140 e. The second kappa shape index (κ2) is 4.53. The van der Waals surface area contributed by atoms with E-state index in [0.717, 1.165) is 12.8 Å². The van der Waals surface area contributed by atoms with Crippen LogP contribution in [0.1, 0.15) is 58.8 Å². The van der Waals surface area contributed by atoms with Crippen molar-refractivity contribution in [2.24, 2.45) is 34.3 Å². The molecule has 6 atom stereocenters. The van der Waals surface area contributed by atoms with E-state index in [9.17, 15) is 10.2 Å². The third-order valence-electron chi connectivity index (χ3n) is 7.76. The largest absolute Gasteiger partial charge is 0.509 e. The van der Waals surface area contributed by atoms with Gasteiger partial charge in [0.25, 0.3) is 0 Å². The molecular formula is C19H29NO2. The van der Waals surface area contributed by atoms with Gasteiger partial charge in [0.1, 0.15) is 11.5 Å². The Morgan fingerprint density at radius 1 is 1.09 bits per heavy atom. The maximum Gasteiger partial charge on any atom is 0.140 e. The number of rotatable bonds is 0. The quantitative estimate of drug-likeness (QED) is 0.587. The van der Waals surface area contributed by atoms with Crippen molar-refractivity contribution >= 4 is 0 Å². The number of aliphatic hydroxyl groups is 2. The van der Waals surface area contributed by atoms with Gasteiger partial charge in [-0.3, -0.25) is 0 Å². The van der Waals surface area contributed by atoms with Crippen LogP contribution in [0.5, 0.6) is 0 Å². The van der Waals surface area contributed by atoms with Crippen molar-refractivity contribution in [3.8, 4) is 0 Å². The number of allylic oxidation sites excluding steroid dienone is 2. The predicted molar refractivity (Wildman–Crippen MR) is 87.3 cm³/mol. The van der Waals surface area contributed by atoms with Crippen LogP contribution >= 0.6 is 0 Å². The number of nitrogens with two attached hydrogens (primary N) is 1. The Hall–Kier alpha value is -0.960. The van der Waals surface area contributed by atoms with E-state index in [1.807, 2.05) is 0 Å². The average molecular weight is 303 g/mol. The lowest BCUT2D eigenvalue weighted by molar-refractivity contribution is -0.0300. The van der Waals surface area contributed by atoms with Gasteiger partial charge >= 0.3 is 0 Å². The highest BCUT2D eigenvalue weighted by Gasteiger charge is 2.59. The van der Waals surface area contributed by atoms with E-state index < -0.39 is 0 Å². The van der Waals surface area contributed by atoms with Crippen molar-refractivity contribution in [2.45, 2.75) is 64.8 Å². The van der Waals surface area contributed by atoms with Gasteiger partial charge in [0.05, 0.1) is 5.41 Å². The molecule has 4 rings (SSSR count). The average Bonchev–Trinajstić information content (AvgIpc) is 2.87. The maximum absolute atomic E-state index is 10.7. The molecule has 0 radical (unpaired) electrons. The summed E-state index contributed by atoms with van der Waals surface area (Å²) in [7, 11) is 0. The Kier molecular flexibility index (Phi) is 3.01. The lowest BCUT2D eigenvalue weighted by atomic mass is 9.48. The van der Waals surface area contributed by atoms with Crippen molar-refractivity contribution in [3.05, 3.63) is 23.2 Å². The van der Waals surface area contributed by atoms with Crippen LogP contribution in [-0.2, 0) is 0 Å². The van der Waals surface area contributed by atoms with E-state index >= 15 is 0 Å². The Balaban J connectivity index is 1.82. The van der Waals surface area contributed by atoms with Crippen LogP contribution in [0.3, 0.4) is 0 Å². The molecule has 2 fully saturated rings. The molecule has 4 N–H and O–H groups in total. The molecule has 0 aromatic rings. The molecule has 4 aliphatic rings. The topological polar surface area (TPSA) is 66.5 Å². The van der Waals surface area contributed by atoms with Crippen molar-refractivity contribution < 1.29 is 10.2 Å². The highest BCUT2D eigenvalue weighted by Crippen LogP contribution is 2.65. The van der Waals surface area contributed by atoms with Gasteiger partial charge in [-0.1, -0.05) is 25.0 Å². The maximum atomic E-state index is 10.7. The lowest BCUT2D eigenvalue weighted by Crippen LogP contribution is -2.55. The van der Waals surface area contributed by atoms with Crippen LogP contribution < -0.4 is 5.73 Å². The number of aliphatic hydroxyl groups excluding tert-OH is 2. The first-order valence-corrected chi connectivity index (χ1v) is 8.96. The molecule has 4 aliphatic carbocycles. The minimum atomic E-state index is -0.382. The van der Waals surface area contributed by atoms with Crippen LogP contribution in [0.4, 0.5) is 0 Å². The van der Waals surface area contributed by atoms with Gasteiger partial charge in [-0.2, -0.15) is 0 Å². The summed E-state index contributed by atoms with van der Waals surface area (Å²) in [5, 5.41) is 20.9. The molecule has 2 saturated carbocycles. The SMILES string of the molecule is C[C@@]12CCC[C@H]1[C@@H]1[C@@H](N)C=C3CCC(O)=C(O)[C@]3(C)[C@H]1CC2. The number of hydrogen-bond acceptors (Lipinski definition) is 3. The minimum absolute atomic E-state index is 0.115. The summed E-state index contributed by atoms with van der Waals surface area (Å²) in [5.74, 6) is 1.93. The summed E-state index contributed by atoms with van der Waals surface area (Å²) < 4.78 is 0. The van der Waals surface area contributed by atoms with Crippen LogP contribution in [-0.4, -0.2) is 16.3 Å². The molecule has 3 heteroatoms. The fourth-order valence-corrected chi connectivity index (χ4v) is 6.49. The zero-order valence-corrected chi connectivity index (χ0v) is 13.8. The molecule has 22 heavy (non-hydrogen) atoms. The van der Waals surface area contributed by atoms with Crippen molar-refractivity contribution in [3.63, 3.8) is 0 Å². The zero-order chi connectivity index (χ0) is 15.7.